The molecule has 2 fully saturated rings. The zero-order valence-corrected chi connectivity index (χ0v) is 13.4. The summed E-state index contributed by atoms with van der Waals surface area (Å²) in [4.78, 5) is 38.2. The van der Waals surface area contributed by atoms with E-state index in [1.165, 1.54) is 4.90 Å². The molecule has 0 aromatic heterocycles. The molecule has 2 rings (SSSR count). The van der Waals surface area contributed by atoms with E-state index in [1.54, 1.807) is 0 Å². The number of rotatable bonds is 5. The first-order valence-electron chi connectivity index (χ1n) is 8.24. The van der Waals surface area contributed by atoms with Crippen molar-refractivity contribution in [1.82, 2.24) is 4.90 Å². The summed E-state index contributed by atoms with van der Waals surface area (Å²) in [5, 5.41) is 0. The van der Waals surface area contributed by atoms with Gasteiger partial charge in [0.2, 0.25) is 0 Å². The predicted molar refractivity (Wildman–Crippen MR) is 79.3 cm³/mol. The molecule has 0 spiro atoms. The maximum atomic E-state index is 12.3. The summed E-state index contributed by atoms with van der Waals surface area (Å²) in [5.74, 6) is -0.519. The van der Waals surface area contributed by atoms with Gasteiger partial charge in [0.05, 0.1) is 13.2 Å². The van der Waals surface area contributed by atoms with Crippen molar-refractivity contribution < 1.29 is 23.9 Å². The van der Waals surface area contributed by atoms with E-state index >= 15 is 0 Å². The number of esters is 1. The SMILES string of the molecule is CCCOC(=O)C1CC2C(=O)CCCC2N1C(=O)OCCC. The van der Waals surface area contributed by atoms with Crippen molar-refractivity contribution in [2.75, 3.05) is 13.2 Å². The topological polar surface area (TPSA) is 72.9 Å². The molecule has 6 nitrogen and oxygen atoms in total. The average molecular weight is 311 g/mol. The molecule has 124 valence electrons. The molecule has 1 amide bonds. The highest BCUT2D eigenvalue weighted by Gasteiger charge is 2.51. The van der Waals surface area contributed by atoms with Gasteiger partial charge in [0.25, 0.3) is 0 Å². The van der Waals surface area contributed by atoms with Crippen LogP contribution < -0.4 is 0 Å². The molecule has 0 N–H and O–H groups in total. The molecule has 0 aromatic rings. The van der Waals surface area contributed by atoms with Gasteiger partial charge in [-0.2, -0.15) is 0 Å². The summed E-state index contributed by atoms with van der Waals surface area (Å²) >= 11 is 0. The Morgan fingerprint density at radius 1 is 1.18 bits per heavy atom. The Balaban J connectivity index is 2.15. The van der Waals surface area contributed by atoms with E-state index in [9.17, 15) is 14.4 Å². The third-order valence-electron chi connectivity index (χ3n) is 4.33. The molecule has 1 aliphatic carbocycles. The maximum absolute atomic E-state index is 12.3. The first-order chi connectivity index (χ1) is 10.6. The van der Waals surface area contributed by atoms with Crippen LogP contribution in [0, 0.1) is 5.92 Å². The van der Waals surface area contributed by atoms with Gasteiger partial charge in [-0.1, -0.05) is 13.8 Å². The van der Waals surface area contributed by atoms with Crippen LogP contribution in [0.4, 0.5) is 4.79 Å². The fourth-order valence-corrected chi connectivity index (χ4v) is 3.33. The summed E-state index contributed by atoms with van der Waals surface area (Å²) in [5.41, 5.74) is 0. The van der Waals surface area contributed by atoms with Gasteiger partial charge in [-0.15, -0.1) is 0 Å². The largest absolute Gasteiger partial charge is 0.464 e. The first kappa shape index (κ1) is 16.8. The molecule has 3 unspecified atom stereocenters. The number of ether oxygens (including phenoxy) is 2. The van der Waals surface area contributed by atoms with E-state index in [2.05, 4.69) is 0 Å². The van der Waals surface area contributed by atoms with Gasteiger partial charge in [0.15, 0.2) is 0 Å². The van der Waals surface area contributed by atoms with Crippen molar-refractivity contribution in [3.05, 3.63) is 0 Å². The lowest BCUT2D eigenvalue weighted by Crippen LogP contribution is -2.47. The van der Waals surface area contributed by atoms with E-state index < -0.39 is 18.1 Å². The fraction of sp³-hybridized carbons (Fsp3) is 0.812. The van der Waals surface area contributed by atoms with Crippen LogP contribution in [0.15, 0.2) is 0 Å². The Morgan fingerprint density at radius 2 is 1.86 bits per heavy atom. The summed E-state index contributed by atoms with van der Waals surface area (Å²) < 4.78 is 10.4. The molecule has 0 radical (unpaired) electrons. The first-order valence-corrected chi connectivity index (χ1v) is 8.24. The summed E-state index contributed by atoms with van der Waals surface area (Å²) in [7, 11) is 0. The molecule has 0 bridgehead atoms. The molecule has 2 aliphatic rings. The highest BCUT2D eigenvalue weighted by molar-refractivity contribution is 5.88. The number of carbonyl (C=O) groups excluding carboxylic acids is 3. The molecule has 1 heterocycles. The second kappa shape index (κ2) is 7.61. The monoisotopic (exact) mass is 311 g/mol. The van der Waals surface area contributed by atoms with E-state index in [1.807, 2.05) is 13.8 Å². The minimum atomic E-state index is -0.687. The number of Topliss-reactive ketones (excluding diaryl/α,β-unsaturated/α-hetero) is 1. The lowest BCUT2D eigenvalue weighted by atomic mass is 9.83. The highest BCUT2D eigenvalue weighted by atomic mass is 16.6. The van der Waals surface area contributed by atoms with Crippen LogP contribution in [0.1, 0.15) is 52.4 Å². The van der Waals surface area contributed by atoms with Crippen molar-refractivity contribution in [2.24, 2.45) is 5.92 Å². The van der Waals surface area contributed by atoms with Gasteiger partial charge in [-0.3, -0.25) is 9.69 Å². The summed E-state index contributed by atoms with van der Waals surface area (Å²) in [6.07, 6.45) is 3.36. The third-order valence-corrected chi connectivity index (χ3v) is 4.33. The number of nitrogens with zero attached hydrogens (tertiary/aromatic N) is 1. The van der Waals surface area contributed by atoms with Crippen molar-refractivity contribution in [2.45, 2.75) is 64.5 Å². The van der Waals surface area contributed by atoms with E-state index in [0.29, 0.717) is 26.1 Å². The van der Waals surface area contributed by atoms with Gasteiger partial charge in [0.1, 0.15) is 11.8 Å². The van der Waals surface area contributed by atoms with Crippen LogP contribution in [-0.4, -0.2) is 48.0 Å². The van der Waals surface area contributed by atoms with Gasteiger partial charge in [-0.25, -0.2) is 9.59 Å². The van der Waals surface area contributed by atoms with Crippen LogP contribution in [0.3, 0.4) is 0 Å². The van der Waals surface area contributed by atoms with Crippen molar-refractivity contribution in [1.29, 1.82) is 0 Å². The average Bonchev–Trinajstić information content (AvgIpc) is 2.91. The van der Waals surface area contributed by atoms with Crippen LogP contribution >= 0.6 is 0 Å². The number of ketones is 1. The van der Waals surface area contributed by atoms with Crippen LogP contribution in [-0.2, 0) is 19.1 Å². The molecule has 22 heavy (non-hydrogen) atoms. The number of hydrogen-bond donors (Lipinski definition) is 0. The second-order valence-electron chi connectivity index (χ2n) is 5.97. The highest BCUT2D eigenvalue weighted by Crippen LogP contribution is 2.38. The molecular formula is C16H25NO5. The Kier molecular flexibility index (Phi) is 5.80. The smallest absolute Gasteiger partial charge is 0.410 e. The van der Waals surface area contributed by atoms with Crippen LogP contribution in [0.25, 0.3) is 0 Å². The molecule has 1 aliphatic heterocycles. The zero-order valence-electron chi connectivity index (χ0n) is 13.4. The van der Waals surface area contributed by atoms with E-state index in [0.717, 1.165) is 25.7 Å². The van der Waals surface area contributed by atoms with Crippen LogP contribution in [0.2, 0.25) is 0 Å². The van der Waals surface area contributed by atoms with E-state index in [4.69, 9.17) is 9.47 Å². The van der Waals surface area contributed by atoms with Gasteiger partial charge < -0.3 is 9.47 Å². The molecule has 0 aromatic carbocycles. The maximum Gasteiger partial charge on any atom is 0.410 e. The normalized spacial score (nSPS) is 27.5. The Bertz CT molecular complexity index is 436. The third kappa shape index (κ3) is 3.42. The second-order valence-corrected chi connectivity index (χ2v) is 5.97. The van der Waals surface area contributed by atoms with E-state index in [-0.39, 0.29) is 17.7 Å². The Labute approximate surface area is 131 Å². The zero-order chi connectivity index (χ0) is 16.1. The fourth-order valence-electron chi connectivity index (χ4n) is 3.33. The quantitative estimate of drug-likeness (QED) is 0.728. The lowest BCUT2D eigenvalue weighted by Gasteiger charge is -2.31. The number of carbonyl (C=O) groups is 3. The van der Waals surface area contributed by atoms with Crippen LogP contribution in [0.5, 0.6) is 0 Å². The minimum absolute atomic E-state index is 0.148. The van der Waals surface area contributed by atoms with Crippen molar-refractivity contribution in [3.63, 3.8) is 0 Å². The standard InChI is InChI=1S/C16H25NO5/c1-3-8-21-15(19)13-10-11-12(6-5-7-14(11)18)17(13)16(20)22-9-4-2/h11-13H,3-10H2,1-2H3. The number of amides is 1. The Hall–Kier alpha value is -1.59. The number of fused-ring (bicyclic) bond motifs is 1. The molecule has 3 atom stereocenters. The lowest BCUT2D eigenvalue weighted by molar-refractivity contribution is -0.149. The summed E-state index contributed by atoms with van der Waals surface area (Å²) in [6.45, 7) is 4.48. The summed E-state index contributed by atoms with van der Waals surface area (Å²) in [6, 6.07) is -0.905. The van der Waals surface area contributed by atoms with Gasteiger partial charge in [0, 0.05) is 18.4 Å². The van der Waals surface area contributed by atoms with Crippen molar-refractivity contribution in [3.8, 4) is 0 Å². The minimum Gasteiger partial charge on any atom is -0.464 e. The van der Waals surface area contributed by atoms with Crippen molar-refractivity contribution >= 4 is 17.8 Å². The molecule has 1 saturated heterocycles. The molecule has 6 heteroatoms. The number of likely N-dealkylation sites (tertiary alicyclic amines) is 1. The van der Waals surface area contributed by atoms with Gasteiger partial charge >= 0.3 is 12.1 Å². The molecular weight excluding hydrogens is 286 g/mol. The van der Waals surface area contributed by atoms with Gasteiger partial charge in [-0.05, 0) is 32.1 Å². The molecule has 1 saturated carbocycles. The Morgan fingerprint density at radius 3 is 2.55 bits per heavy atom. The predicted octanol–water partition coefficient (Wildman–Crippen LogP) is 2.30. The number of hydrogen-bond acceptors (Lipinski definition) is 5.